The summed E-state index contributed by atoms with van der Waals surface area (Å²) in [7, 11) is 0. The molecule has 0 radical (unpaired) electrons. The van der Waals surface area contributed by atoms with Gasteiger partial charge in [-0.3, -0.25) is 4.79 Å². The summed E-state index contributed by atoms with van der Waals surface area (Å²) in [6.45, 7) is 6.46. The van der Waals surface area contributed by atoms with E-state index in [-0.39, 0.29) is 5.91 Å². The van der Waals surface area contributed by atoms with E-state index >= 15 is 0 Å². The normalized spacial score (nSPS) is 22.3. The van der Waals surface area contributed by atoms with Crippen molar-refractivity contribution in [2.45, 2.75) is 45.7 Å². The maximum Gasteiger partial charge on any atom is 0.222 e. The van der Waals surface area contributed by atoms with Crippen LogP contribution in [0.2, 0.25) is 0 Å². The van der Waals surface area contributed by atoms with Gasteiger partial charge in [-0.2, -0.15) is 0 Å². The minimum Gasteiger partial charge on any atom is -0.370 e. The van der Waals surface area contributed by atoms with Gasteiger partial charge in [0.1, 0.15) is 0 Å². The number of carbonyl (C=O) groups excluding carboxylic acids is 1. The summed E-state index contributed by atoms with van der Waals surface area (Å²) in [6, 6.07) is 8.33. The van der Waals surface area contributed by atoms with Crippen LogP contribution in [0.25, 0.3) is 0 Å². The first kappa shape index (κ1) is 16.8. The molecule has 2 heterocycles. The molecule has 1 aromatic rings. The van der Waals surface area contributed by atoms with Crippen LogP contribution in [0, 0.1) is 5.92 Å². The van der Waals surface area contributed by atoms with Gasteiger partial charge in [-0.1, -0.05) is 31.2 Å². The SMILES string of the molecule is CC1CCCN(C(N)=NCc2cccc(CN3CCCC3=O)c2)C1. The van der Waals surface area contributed by atoms with Crippen molar-refractivity contribution in [2.75, 3.05) is 19.6 Å². The fraction of sp³-hybridized carbons (Fsp3) is 0.579. The Balaban J connectivity index is 1.59. The van der Waals surface area contributed by atoms with Gasteiger partial charge >= 0.3 is 0 Å². The van der Waals surface area contributed by atoms with E-state index in [0.717, 1.165) is 31.6 Å². The van der Waals surface area contributed by atoms with Crippen LogP contribution in [0.5, 0.6) is 0 Å². The molecule has 130 valence electrons. The molecule has 0 aliphatic carbocycles. The van der Waals surface area contributed by atoms with Crippen molar-refractivity contribution in [3.63, 3.8) is 0 Å². The number of likely N-dealkylation sites (tertiary alicyclic amines) is 2. The molecule has 0 saturated carbocycles. The Morgan fingerprint density at radius 2 is 2.12 bits per heavy atom. The smallest absolute Gasteiger partial charge is 0.222 e. The number of hydrogen-bond donors (Lipinski definition) is 1. The highest BCUT2D eigenvalue weighted by Crippen LogP contribution is 2.17. The average molecular weight is 328 g/mol. The van der Waals surface area contributed by atoms with Gasteiger partial charge in [0.15, 0.2) is 5.96 Å². The number of hydrogen-bond acceptors (Lipinski definition) is 2. The number of guanidine groups is 1. The zero-order valence-corrected chi connectivity index (χ0v) is 14.6. The molecule has 5 heteroatoms. The minimum atomic E-state index is 0.266. The van der Waals surface area contributed by atoms with Crippen molar-refractivity contribution in [2.24, 2.45) is 16.6 Å². The van der Waals surface area contributed by atoms with Crippen molar-refractivity contribution in [3.8, 4) is 0 Å². The molecule has 5 nitrogen and oxygen atoms in total. The Hall–Kier alpha value is -2.04. The van der Waals surface area contributed by atoms with Gasteiger partial charge in [0.2, 0.25) is 5.91 Å². The maximum atomic E-state index is 11.8. The van der Waals surface area contributed by atoms with E-state index in [1.807, 2.05) is 11.0 Å². The number of aliphatic imine (C=N–C) groups is 1. The predicted octanol–water partition coefficient (Wildman–Crippen LogP) is 2.36. The average Bonchev–Trinajstić information content (AvgIpc) is 2.98. The number of benzene rings is 1. The molecule has 1 atom stereocenters. The van der Waals surface area contributed by atoms with Crippen LogP contribution in [0.15, 0.2) is 29.3 Å². The zero-order valence-electron chi connectivity index (χ0n) is 14.6. The number of carbonyl (C=O) groups is 1. The van der Waals surface area contributed by atoms with Crippen molar-refractivity contribution < 1.29 is 4.79 Å². The van der Waals surface area contributed by atoms with E-state index in [4.69, 9.17) is 5.73 Å². The molecule has 24 heavy (non-hydrogen) atoms. The number of rotatable bonds is 4. The summed E-state index contributed by atoms with van der Waals surface area (Å²) >= 11 is 0. The third-order valence-electron chi connectivity index (χ3n) is 4.94. The van der Waals surface area contributed by atoms with Crippen molar-refractivity contribution >= 4 is 11.9 Å². The summed E-state index contributed by atoms with van der Waals surface area (Å²) in [5.74, 6) is 1.61. The number of nitrogens with zero attached hydrogens (tertiary/aromatic N) is 3. The second-order valence-corrected chi connectivity index (χ2v) is 7.11. The zero-order chi connectivity index (χ0) is 16.9. The summed E-state index contributed by atoms with van der Waals surface area (Å²) in [5, 5.41) is 0. The Morgan fingerprint density at radius 1 is 1.29 bits per heavy atom. The summed E-state index contributed by atoms with van der Waals surface area (Å²) in [5.41, 5.74) is 8.48. The standard InChI is InChI=1S/C19H28N4O/c1-15-5-3-10-23(13-15)19(20)21-12-16-6-2-7-17(11-16)14-22-9-4-8-18(22)24/h2,6-7,11,15H,3-5,8-10,12-14H2,1H3,(H2,20,21). The van der Waals surface area contributed by atoms with Crippen molar-refractivity contribution in [3.05, 3.63) is 35.4 Å². The van der Waals surface area contributed by atoms with Crippen LogP contribution in [0.3, 0.4) is 0 Å². The molecule has 3 rings (SSSR count). The lowest BCUT2D eigenvalue weighted by Crippen LogP contribution is -2.43. The summed E-state index contributed by atoms with van der Waals surface area (Å²) in [6.07, 6.45) is 4.14. The van der Waals surface area contributed by atoms with E-state index in [9.17, 15) is 4.79 Å². The van der Waals surface area contributed by atoms with E-state index in [1.54, 1.807) is 0 Å². The largest absolute Gasteiger partial charge is 0.370 e. The predicted molar refractivity (Wildman–Crippen MR) is 96.4 cm³/mol. The first-order valence-corrected chi connectivity index (χ1v) is 9.02. The van der Waals surface area contributed by atoms with E-state index in [1.165, 1.54) is 18.4 Å². The molecule has 2 aliphatic heterocycles. The lowest BCUT2D eigenvalue weighted by molar-refractivity contribution is -0.128. The molecule has 0 spiro atoms. The molecule has 0 aromatic heterocycles. The molecule has 2 fully saturated rings. The molecule has 1 unspecified atom stereocenters. The first-order chi connectivity index (χ1) is 11.6. The summed E-state index contributed by atoms with van der Waals surface area (Å²) < 4.78 is 0. The van der Waals surface area contributed by atoms with Crippen LogP contribution < -0.4 is 5.73 Å². The van der Waals surface area contributed by atoms with Gasteiger partial charge in [0.25, 0.3) is 0 Å². The molecule has 2 N–H and O–H groups in total. The molecule has 2 aliphatic rings. The topological polar surface area (TPSA) is 61.9 Å². The quantitative estimate of drug-likeness (QED) is 0.682. The second kappa shape index (κ2) is 7.69. The number of piperidine rings is 1. The molecule has 1 amide bonds. The Kier molecular flexibility index (Phi) is 5.38. The van der Waals surface area contributed by atoms with Crippen molar-refractivity contribution in [1.82, 2.24) is 9.80 Å². The fourth-order valence-electron chi connectivity index (χ4n) is 3.59. The van der Waals surface area contributed by atoms with Gasteiger partial charge in [0, 0.05) is 32.6 Å². The second-order valence-electron chi connectivity index (χ2n) is 7.11. The molecule has 2 saturated heterocycles. The highest BCUT2D eigenvalue weighted by Gasteiger charge is 2.20. The van der Waals surface area contributed by atoms with E-state index in [0.29, 0.717) is 31.4 Å². The minimum absolute atomic E-state index is 0.266. The fourth-order valence-corrected chi connectivity index (χ4v) is 3.59. The first-order valence-electron chi connectivity index (χ1n) is 9.02. The van der Waals surface area contributed by atoms with Crippen LogP contribution in [0.4, 0.5) is 0 Å². The molecular weight excluding hydrogens is 300 g/mol. The third-order valence-corrected chi connectivity index (χ3v) is 4.94. The van der Waals surface area contributed by atoms with Crippen LogP contribution in [-0.4, -0.2) is 41.3 Å². The van der Waals surface area contributed by atoms with Crippen LogP contribution >= 0.6 is 0 Å². The lowest BCUT2D eigenvalue weighted by Gasteiger charge is -2.31. The highest BCUT2D eigenvalue weighted by molar-refractivity contribution is 5.78. The molecule has 0 bridgehead atoms. The molecular formula is C19H28N4O. The van der Waals surface area contributed by atoms with Gasteiger partial charge in [-0.05, 0) is 36.3 Å². The van der Waals surface area contributed by atoms with Crippen LogP contribution in [-0.2, 0) is 17.9 Å². The summed E-state index contributed by atoms with van der Waals surface area (Å²) in [4.78, 5) is 20.5. The van der Waals surface area contributed by atoms with Gasteiger partial charge in [-0.15, -0.1) is 0 Å². The molecule has 1 aromatic carbocycles. The Morgan fingerprint density at radius 3 is 2.88 bits per heavy atom. The van der Waals surface area contributed by atoms with E-state index in [2.05, 4.69) is 35.0 Å². The Bertz CT molecular complexity index is 613. The number of nitrogens with two attached hydrogens (primary N) is 1. The van der Waals surface area contributed by atoms with Gasteiger partial charge in [-0.25, -0.2) is 4.99 Å². The van der Waals surface area contributed by atoms with Crippen molar-refractivity contribution in [1.29, 1.82) is 0 Å². The van der Waals surface area contributed by atoms with E-state index < -0.39 is 0 Å². The number of amides is 1. The van der Waals surface area contributed by atoms with Gasteiger partial charge < -0.3 is 15.5 Å². The van der Waals surface area contributed by atoms with Crippen LogP contribution in [0.1, 0.15) is 43.7 Å². The Labute approximate surface area is 144 Å². The third kappa shape index (κ3) is 4.28. The lowest BCUT2D eigenvalue weighted by atomic mass is 10.0. The highest BCUT2D eigenvalue weighted by atomic mass is 16.2. The monoisotopic (exact) mass is 328 g/mol. The van der Waals surface area contributed by atoms with Gasteiger partial charge in [0.05, 0.1) is 6.54 Å². The maximum absolute atomic E-state index is 11.8.